The van der Waals surface area contributed by atoms with Crippen molar-refractivity contribution in [2.24, 2.45) is 10.7 Å². The molecular weight excluding hydrogens is 399 g/mol. The lowest BCUT2D eigenvalue weighted by molar-refractivity contribution is -0.274. The van der Waals surface area contributed by atoms with E-state index in [-0.39, 0.29) is 11.8 Å². The summed E-state index contributed by atoms with van der Waals surface area (Å²) in [7, 11) is 0. The molecule has 0 saturated carbocycles. The quantitative estimate of drug-likeness (QED) is 0.682. The lowest BCUT2D eigenvalue weighted by Gasteiger charge is -2.30. The summed E-state index contributed by atoms with van der Waals surface area (Å²) in [6, 6.07) is 5.25. The molecule has 0 unspecified atom stereocenters. The third-order valence-electron chi connectivity index (χ3n) is 4.13. The zero-order valence-corrected chi connectivity index (χ0v) is 17.4. The highest BCUT2D eigenvalue weighted by molar-refractivity contribution is 6.03. The Hall–Kier alpha value is -2.97. The SMILES string of the molecule is CC(=Nc1ccc(OC(F)(F)F)cc1)/C(=C\N)C1=CCN(C(=O)OC(C)(C)C)CC1. The van der Waals surface area contributed by atoms with Crippen LogP contribution in [-0.2, 0) is 4.74 Å². The number of carbonyl (C=O) groups excluding carboxylic acids is 1. The van der Waals surface area contributed by atoms with Gasteiger partial charge in [0.1, 0.15) is 11.4 Å². The molecule has 1 heterocycles. The van der Waals surface area contributed by atoms with Gasteiger partial charge in [0.2, 0.25) is 0 Å². The molecular formula is C21H26F3N3O3. The van der Waals surface area contributed by atoms with Gasteiger partial charge in [0.15, 0.2) is 0 Å². The predicted molar refractivity (Wildman–Crippen MR) is 109 cm³/mol. The molecule has 9 heteroatoms. The zero-order valence-electron chi connectivity index (χ0n) is 17.4. The van der Waals surface area contributed by atoms with Gasteiger partial charge in [-0.3, -0.25) is 4.99 Å². The van der Waals surface area contributed by atoms with E-state index in [9.17, 15) is 18.0 Å². The molecule has 6 nitrogen and oxygen atoms in total. The molecule has 0 radical (unpaired) electrons. The van der Waals surface area contributed by atoms with Crippen molar-refractivity contribution < 1.29 is 27.4 Å². The van der Waals surface area contributed by atoms with E-state index >= 15 is 0 Å². The molecule has 0 bridgehead atoms. The van der Waals surface area contributed by atoms with Gasteiger partial charge in [0.05, 0.1) is 5.69 Å². The third-order valence-corrected chi connectivity index (χ3v) is 4.13. The summed E-state index contributed by atoms with van der Waals surface area (Å²) in [5.41, 5.74) is 7.97. The Kier molecular flexibility index (Phi) is 7.17. The lowest BCUT2D eigenvalue weighted by Crippen LogP contribution is -2.39. The highest BCUT2D eigenvalue weighted by Crippen LogP contribution is 2.27. The normalized spacial score (nSPS) is 16.2. The number of aliphatic imine (C=N–C) groups is 1. The smallest absolute Gasteiger partial charge is 0.444 e. The zero-order chi connectivity index (χ0) is 22.5. The van der Waals surface area contributed by atoms with E-state index in [0.717, 1.165) is 11.1 Å². The molecule has 2 N–H and O–H groups in total. The summed E-state index contributed by atoms with van der Waals surface area (Å²) in [6.45, 7) is 8.07. The van der Waals surface area contributed by atoms with Crippen molar-refractivity contribution in [1.29, 1.82) is 0 Å². The van der Waals surface area contributed by atoms with Gasteiger partial charge in [-0.25, -0.2) is 4.79 Å². The van der Waals surface area contributed by atoms with Gasteiger partial charge in [0.25, 0.3) is 0 Å². The van der Waals surface area contributed by atoms with Crippen molar-refractivity contribution in [2.45, 2.75) is 46.1 Å². The molecule has 1 aliphatic heterocycles. The van der Waals surface area contributed by atoms with Crippen LogP contribution in [0.15, 0.2) is 52.7 Å². The molecule has 1 aromatic rings. The van der Waals surface area contributed by atoms with Gasteiger partial charge >= 0.3 is 12.5 Å². The first kappa shape index (κ1) is 23.3. The Balaban J connectivity index is 2.08. The molecule has 0 aromatic heterocycles. The predicted octanol–water partition coefficient (Wildman–Crippen LogP) is 5.09. The van der Waals surface area contributed by atoms with Gasteiger partial charge in [-0.15, -0.1) is 13.2 Å². The number of ether oxygens (including phenoxy) is 2. The number of allylic oxidation sites excluding steroid dienone is 1. The van der Waals surface area contributed by atoms with Crippen molar-refractivity contribution in [2.75, 3.05) is 13.1 Å². The van der Waals surface area contributed by atoms with Crippen molar-refractivity contribution in [3.8, 4) is 5.75 Å². The molecule has 0 atom stereocenters. The molecule has 30 heavy (non-hydrogen) atoms. The fourth-order valence-electron chi connectivity index (χ4n) is 2.84. The number of amides is 1. The minimum Gasteiger partial charge on any atom is -0.444 e. The van der Waals surface area contributed by atoms with E-state index in [4.69, 9.17) is 10.5 Å². The van der Waals surface area contributed by atoms with Crippen molar-refractivity contribution >= 4 is 17.5 Å². The molecule has 0 spiro atoms. The minimum atomic E-state index is -4.74. The number of nitrogens with two attached hydrogens (primary N) is 1. The Morgan fingerprint density at radius 2 is 1.83 bits per heavy atom. The second kappa shape index (κ2) is 9.23. The molecule has 2 rings (SSSR count). The van der Waals surface area contributed by atoms with Gasteiger partial charge in [-0.2, -0.15) is 0 Å². The van der Waals surface area contributed by atoms with Gasteiger partial charge in [0, 0.05) is 30.6 Å². The highest BCUT2D eigenvalue weighted by Gasteiger charge is 2.31. The van der Waals surface area contributed by atoms with Crippen molar-refractivity contribution in [1.82, 2.24) is 4.90 Å². The van der Waals surface area contributed by atoms with E-state index < -0.39 is 12.0 Å². The van der Waals surface area contributed by atoms with Crippen LogP contribution in [0.2, 0.25) is 0 Å². The van der Waals surface area contributed by atoms with Crippen LogP contribution in [0.25, 0.3) is 0 Å². The first-order chi connectivity index (χ1) is 13.9. The number of hydrogen-bond acceptors (Lipinski definition) is 5. The summed E-state index contributed by atoms with van der Waals surface area (Å²) in [4.78, 5) is 18.2. The summed E-state index contributed by atoms with van der Waals surface area (Å²) < 4.78 is 46.0. The topological polar surface area (TPSA) is 77.2 Å². The number of carbonyl (C=O) groups is 1. The molecule has 1 aromatic carbocycles. The van der Waals surface area contributed by atoms with Crippen LogP contribution < -0.4 is 10.5 Å². The first-order valence-electron chi connectivity index (χ1n) is 9.38. The van der Waals surface area contributed by atoms with Crippen LogP contribution in [0.4, 0.5) is 23.7 Å². The molecule has 0 aliphatic carbocycles. The number of hydrogen-bond donors (Lipinski definition) is 1. The van der Waals surface area contributed by atoms with E-state index in [2.05, 4.69) is 9.73 Å². The van der Waals surface area contributed by atoms with E-state index in [1.807, 2.05) is 26.8 Å². The fraction of sp³-hybridized carbons (Fsp3) is 0.429. The van der Waals surface area contributed by atoms with Crippen LogP contribution in [-0.4, -0.2) is 41.8 Å². The maximum absolute atomic E-state index is 12.3. The molecule has 1 amide bonds. The Morgan fingerprint density at radius 1 is 1.20 bits per heavy atom. The monoisotopic (exact) mass is 425 g/mol. The van der Waals surface area contributed by atoms with Crippen LogP contribution >= 0.6 is 0 Å². The number of benzene rings is 1. The number of nitrogens with zero attached hydrogens (tertiary/aromatic N) is 2. The first-order valence-corrected chi connectivity index (χ1v) is 9.38. The number of alkyl halides is 3. The second-order valence-corrected chi connectivity index (χ2v) is 7.72. The van der Waals surface area contributed by atoms with Crippen LogP contribution in [0, 0.1) is 0 Å². The van der Waals surface area contributed by atoms with E-state index in [0.29, 0.717) is 30.9 Å². The number of rotatable bonds is 4. The van der Waals surface area contributed by atoms with Crippen LogP contribution in [0.5, 0.6) is 5.75 Å². The average molecular weight is 425 g/mol. The second-order valence-electron chi connectivity index (χ2n) is 7.72. The summed E-state index contributed by atoms with van der Waals surface area (Å²) in [5.74, 6) is -0.314. The maximum Gasteiger partial charge on any atom is 0.573 e. The highest BCUT2D eigenvalue weighted by atomic mass is 19.4. The van der Waals surface area contributed by atoms with Crippen molar-refractivity contribution in [3.63, 3.8) is 0 Å². The van der Waals surface area contributed by atoms with Crippen molar-refractivity contribution in [3.05, 3.63) is 47.7 Å². The van der Waals surface area contributed by atoms with Crippen LogP contribution in [0.3, 0.4) is 0 Å². The fourth-order valence-corrected chi connectivity index (χ4v) is 2.84. The van der Waals surface area contributed by atoms with Gasteiger partial charge in [-0.1, -0.05) is 6.08 Å². The Bertz CT molecular complexity index is 851. The summed E-state index contributed by atoms with van der Waals surface area (Å²) in [5, 5.41) is 0. The molecule has 0 fully saturated rings. The Morgan fingerprint density at radius 3 is 2.30 bits per heavy atom. The maximum atomic E-state index is 12.3. The largest absolute Gasteiger partial charge is 0.573 e. The standard InChI is InChI=1S/C21H26F3N3O3/c1-14(26-16-5-7-17(8-6-16)29-21(22,23)24)18(13-25)15-9-11-27(12-10-15)19(28)30-20(2,3)4/h5-9,13H,10-12,25H2,1-4H3/b18-13+,26-14?. The van der Waals surface area contributed by atoms with Gasteiger partial charge in [-0.05, 0) is 64.0 Å². The summed E-state index contributed by atoms with van der Waals surface area (Å²) in [6.07, 6.45) is -1.20. The lowest BCUT2D eigenvalue weighted by atomic mass is 9.97. The molecule has 1 aliphatic rings. The third kappa shape index (κ3) is 7.13. The Labute approximate surface area is 173 Å². The molecule has 164 valence electrons. The summed E-state index contributed by atoms with van der Waals surface area (Å²) >= 11 is 0. The van der Waals surface area contributed by atoms with E-state index in [1.54, 1.807) is 11.8 Å². The van der Waals surface area contributed by atoms with E-state index in [1.165, 1.54) is 30.5 Å². The average Bonchev–Trinajstić information content (AvgIpc) is 2.62. The minimum absolute atomic E-state index is 0.314. The number of halogens is 3. The van der Waals surface area contributed by atoms with Gasteiger partial charge < -0.3 is 20.1 Å². The van der Waals surface area contributed by atoms with Crippen LogP contribution in [0.1, 0.15) is 34.1 Å². The molecule has 0 saturated heterocycles.